The third-order valence-corrected chi connectivity index (χ3v) is 6.65. The lowest BCUT2D eigenvalue weighted by Crippen LogP contribution is -2.39. The number of likely N-dealkylation sites (tertiary alicyclic amines) is 1. The molecule has 0 atom stereocenters. The van der Waals surface area contributed by atoms with Crippen molar-refractivity contribution in [3.63, 3.8) is 0 Å². The van der Waals surface area contributed by atoms with E-state index in [1.54, 1.807) is 24.0 Å². The van der Waals surface area contributed by atoms with E-state index in [4.69, 9.17) is 0 Å². The summed E-state index contributed by atoms with van der Waals surface area (Å²) < 4.78 is 28.0. The van der Waals surface area contributed by atoms with Crippen molar-refractivity contribution in [2.45, 2.75) is 45.6 Å². The molecule has 2 aromatic heterocycles. The Hall–Kier alpha value is -4.28. The number of pyridine rings is 1. The summed E-state index contributed by atoms with van der Waals surface area (Å²) in [7, 11) is 0. The van der Waals surface area contributed by atoms with E-state index in [2.05, 4.69) is 25.6 Å². The van der Waals surface area contributed by atoms with Gasteiger partial charge < -0.3 is 15.5 Å². The van der Waals surface area contributed by atoms with Crippen molar-refractivity contribution in [3.05, 3.63) is 88.3 Å². The minimum Gasteiger partial charge on any atom is -0.351 e. The zero-order valence-electron chi connectivity index (χ0n) is 21.8. The first-order valence-electron chi connectivity index (χ1n) is 12.8. The molecule has 0 bridgehead atoms. The third-order valence-electron chi connectivity index (χ3n) is 6.65. The van der Waals surface area contributed by atoms with Crippen LogP contribution in [0.4, 0.5) is 8.78 Å². The summed E-state index contributed by atoms with van der Waals surface area (Å²) in [5.41, 5.74) is 1.69. The van der Waals surface area contributed by atoms with Crippen LogP contribution in [0.25, 0.3) is 0 Å². The molecule has 1 saturated heterocycles. The monoisotopic (exact) mass is 536 g/mol. The van der Waals surface area contributed by atoms with E-state index in [1.165, 1.54) is 18.5 Å². The smallest absolute Gasteiger partial charge is 0.269 e. The van der Waals surface area contributed by atoms with Crippen molar-refractivity contribution in [1.29, 1.82) is 0 Å². The number of benzene rings is 1. The molecule has 39 heavy (non-hydrogen) atoms. The van der Waals surface area contributed by atoms with E-state index < -0.39 is 11.6 Å². The van der Waals surface area contributed by atoms with E-state index in [-0.39, 0.29) is 47.9 Å². The summed E-state index contributed by atoms with van der Waals surface area (Å²) in [6, 6.07) is 6.88. The zero-order valence-corrected chi connectivity index (χ0v) is 21.8. The molecule has 1 aliphatic heterocycles. The second-order valence-electron chi connectivity index (χ2n) is 9.34. The topological polar surface area (TPSA) is 117 Å². The van der Waals surface area contributed by atoms with Crippen LogP contribution in [-0.4, -0.2) is 57.2 Å². The Kier molecular flexibility index (Phi) is 8.90. The highest BCUT2D eigenvalue weighted by Gasteiger charge is 2.29. The first-order chi connectivity index (χ1) is 18.8. The number of hydrogen-bond acceptors (Lipinski definition) is 6. The molecule has 1 aromatic carbocycles. The van der Waals surface area contributed by atoms with Gasteiger partial charge in [0.2, 0.25) is 5.91 Å². The highest BCUT2D eigenvalue weighted by Crippen LogP contribution is 2.29. The molecule has 9 nitrogen and oxygen atoms in total. The number of nitrogens with one attached hydrogen (secondary N) is 2. The van der Waals surface area contributed by atoms with Crippen molar-refractivity contribution in [2.75, 3.05) is 19.6 Å². The Morgan fingerprint density at radius 2 is 1.74 bits per heavy atom. The molecule has 204 valence electrons. The molecular formula is C28H30F2N6O3. The van der Waals surface area contributed by atoms with Crippen molar-refractivity contribution in [1.82, 2.24) is 30.5 Å². The molecule has 0 spiro atoms. The van der Waals surface area contributed by atoms with Crippen LogP contribution in [0.5, 0.6) is 0 Å². The second-order valence-corrected chi connectivity index (χ2v) is 9.34. The SMILES string of the molecule is CCNC(=O)c1cc(CNC(=O)c2cnc(C)nc2C2CCN(C(=O)Cc3c(F)cccc3F)CC2)ccn1. The van der Waals surface area contributed by atoms with Gasteiger partial charge in [-0.1, -0.05) is 6.07 Å². The minimum atomic E-state index is -0.738. The van der Waals surface area contributed by atoms with Gasteiger partial charge >= 0.3 is 0 Å². The minimum absolute atomic E-state index is 0.0908. The first kappa shape index (κ1) is 27.7. The number of halogens is 2. The zero-order chi connectivity index (χ0) is 27.9. The standard InChI is InChI=1S/C28H30F2N6O3/c1-3-31-28(39)24-13-18(7-10-32-24)15-34-27(38)21-16-33-17(2)35-26(21)19-8-11-36(12-9-19)25(37)14-20-22(29)5-4-6-23(20)30/h4-7,10,13,16,19H,3,8-9,11-12,14-15H2,1-2H3,(H,31,39)(H,34,38). The fourth-order valence-electron chi connectivity index (χ4n) is 4.58. The van der Waals surface area contributed by atoms with E-state index in [9.17, 15) is 23.2 Å². The number of carbonyl (C=O) groups excluding carboxylic acids is 3. The molecule has 0 radical (unpaired) electrons. The van der Waals surface area contributed by atoms with E-state index in [0.717, 1.165) is 12.1 Å². The molecule has 11 heteroatoms. The lowest BCUT2D eigenvalue weighted by Gasteiger charge is -2.32. The highest BCUT2D eigenvalue weighted by molar-refractivity contribution is 5.95. The van der Waals surface area contributed by atoms with Crippen molar-refractivity contribution in [2.24, 2.45) is 0 Å². The Morgan fingerprint density at radius 3 is 2.44 bits per heavy atom. The van der Waals surface area contributed by atoms with Gasteiger partial charge in [0.1, 0.15) is 23.2 Å². The van der Waals surface area contributed by atoms with Crippen LogP contribution < -0.4 is 10.6 Å². The molecule has 0 saturated carbocycles. The lowest BCUT2D eigenvalue weighted by atomic mass is 9.90. The molecule has 2 N–H and O–H groups in total. The van der Waals surface area contributed by atoms with Crippen LogP contribution in [0.2, 0.25) is 0 Å². The predicted octanol–water partition coefficient (Wildman–Crippen LogP) is 3.09. The molecule has 0 aliphatic carbocycles. The summed E-state index contributed by atoms with van der Waals surface area (Å²) in [6.45, 7) is 4.98. The molecule has 0 unspecified atom stereocenters. The molecule has 3 amide bonds. The van der Waals surface area contributed by atoms with Gasteiger partial charge in [-0.3, -0.25) is 19.4 Å². The number of amides is 3. The summed E-state index contributed by atoms with van der Waals surface area (Å²) >= 11 is 0. The third kappa shape index (κ3) is 6.78. The van der Waals surface area contributed by atoms with Crippen molar-refractivity contribution in [3.8, 4) is 0 Å². The Morgan fingerprint density at radius 1 is 1.03 bits per heavy atom. The maximum Gasteiger partial charge on any atom is 0.269 e. The molecular weight excluding hydrogens is 506 g/mol. The molecule has 4 rings (SSSR count). The van der Waals surface area contributed by atoms with E-state index in [0.29, 0.717) is 55.1 Å². The van der Waals surface area contributed by atoms with E-state index in [1.807, 2.05) is 6.92 Å². The van der Waals surface area contributed by atoms with Gasteiger partial charge in [-0.05, 0) is 56.5 Å². The highest BCUT2D eigenvalue weighted by atomic mass is 19.1. The quantitative estimate of drug-likeness (QED) is 0.457. The van der Waals surface area contributed by atoms with Crippen LogP contribution in [0.1, 0.15) is 69.2 Å². The number of aryl methyl sites for hydroxylation is 1. The summed E-state index contributed by atoms with van der Waals surface area (Å²) in [6.07, 6.45) is 3.76. The average Bonchev–Trinajstić information content (AvgIpc) is 2.94. The second kappa shape index (κ2) is 12.5. The fraction of sp³-hybridized carbons (Fsp3) is 0.357. The van der Waals surface area contributed by atoms with E-state index >= 15 is 0 Å². The normalized spacial score (nSPS) is 13.7. The largest absolute Gasteiger partial charge is 0.351 e. The summed E-state index contributed by atoms with van der Waals surface area (Å²) in [4.78, 5) is 52.3. The van der Waals surface area contributed by atoms with Crippen LogP contribution in [0.3, 0.4) is 0 Å². The van der Waals surface area contributed by atoms with Gasteiger partial charge in [0.15, 0.2) is 0 Å². The Balaban J connectivity index is 1.40. The van der Waals surface area contributed by atoms with Crippen molar-refractivity contribution < 1.29 is 23.2 Å². The Labute approximate surface area is 225 Å². The van der Waals surface area contributed by atoms with Gasteiger partial charge in [-0.2, -0.15) is 0 Å². The van der Waals surface area contributed by atoms with Crippen LogP contribution in [0, 0.1) is 18.6 Å². The number of nitrogens with zero attached hydrogens (tertiary/aromatic N) is 4. The van der Waals surface area contributed by atoms with Gasteiger partial charge in [0.05, 0.1) is 17.7 Å². The molecule has 3 aromatic rings. The van der Waals surface area contributed by atoms with Gasteiger partial charge in [-0.15, -0.1) is 0 Å². The van der Waals surface area contributed by atoms with Crippen LogP contribution in [0.15, 0.2) is 42.7 Å². The first-order valence-corrected chi connectivity index (χ1v) is 12.8. The van der Waals surface area contributed by atoms with Crippen molar-refractivity contribution >= 4 is 17.7 Å². The van der Waals surface area contributed by atoms with Crippen LogP contribution in [-0.2, 0) is 17.8 Å². The number of hydrogen-bond donors (Lipinski definition) is 2. The van der Waals surface area contributed by atoms with Gasteiger partial charge in [0, 0.05) is 50.1 Å². The summed E-state index contributed by atoms with van der Waals surface area (Å²) in [5, 5.41) is 5.56. The molecule has 3 heterocycles. The number of piperidine rings is 1. The average molecular weight is 537 g/mol. The number of carbonyl (C=O) groups is 3. The fourth-order valence-corrected chi connectivity index (χ4v) is 4.58. The Bertz CT molecular complexity index is 1350. The maximum absolute atomic E-state index is 14.0. The number of aromatic nitrogens is 3. The lowest BCUT2D eigenvalue weighted by molar-refractivity contribution is -0.131. The number of rotatable bonds is 8. The van der Waals surface area contributed by atoms with Crippen LogP contribution >= 0.6 is 0 Å². The predicted molar refractivity (Wildman–Crippen MR) is 139 cm³/mol. The maximum atomic E-state index is 14.0. The molecule has 1 fully saturated rings. The van der Waals surface area contributed by atoms with Gasteiger partial charge in [-0.25, -0.2) is 18.7 Å². The summed E-state index contributed by atoms with van der Waals surface area (Å²) in [5.74, 6) is -2.03. The van der Waals surface area contributed by atoms with Gasteiger partial charge in [0.25, 0.3) is 11.8 Å². The molecule has 1 aliphatic rings.